The number of nitrogens with two attached hydrogens (primary N) is 1. The molecule has 12 heteroatoms. The van der Waals surface area contributed by atoms with Gasteiger partial charge in [-0.2, -0.15) is 0 Å². The minimum absolute atomic E-state index is 0. The van der Waals surface area contributed by atoms with Gasteiger partial charge in [0, 0.05) is 12.8 Å². The molecule has 0 aliphatic heterocycles. The van der Waals surface area contributed by atoms with Crippen molar-refractivity contribution in [3.63, 3.8) is 0 Å². The molecule has 0 radical (unpaired) electrons. The van der Waals surface area contributed by atoms with Crippen LogP contribution in [0.4, 0.5) is 0 Å². The molecule has 0 aliphatic carbocycles. The third-order valence-corrected chi connectivity index (χ3v) is 7.68. The van der Waals surface area contributed by atoms with Gasteiger partial charge in [0.15, 0.2) is 6.10 Å². The van der Waals surface area contributed by atoms with E-state index in [0.29, 0.717) is 12.8 Å². The first-order chi connectivity index (χ1) is 19.8. The van der Waals surface area contributed by atoms with Crippen LogP contribution in [0.2, 0.25) is 0 Å². The Labute approximate surface area is 307 Å². The number of carbonyl (C=O) groups excluding carboxylic acids is 2. The molecule has 0 aromatic carbocycles. The average molecular weight is 652 g/mol. The zero-order valence-corrected chi connectivity index (χ0v) is 32.9. The maximum Gasteiger partial charge on any atom is 1.00 e. The maximum absolute atomic E-state index is 12.2. The number of phosphoric ester groups is 1. The standard InChI is InChI=1S/C31H62NO8P.2Na/c1-2-3-4-5-6-7-8-9-10-12-16-19-22-25-31(34)40-29(28-39-41(35,36)37)27-38-30(33)24-21-18-15-13-11-14-17-20-23-26-32;;/h29H,2-28,32H2,1H3,(H2,35,36,37);;/q;2*+1/p-2/t29-;;/m1../s1. The van der Waals surface area contributed by atoms with Gasteiger partial charge in [-0.25, -0.2) is 0 Å². The number of phosphoric acid groups is 1. The minimum atomic E-state index is -5.24. The predicted octanol–water partition coefficient (Wildman–Crippen LogP) is 0.636. The molecule has 43 heavy (non-hydrogen) atoms. The van der Waals surface area contributed by atoms with E-state index in [9.17, 15) is 23.9 Å². The van der Waals surface area contributed by atoms with Crippen molar-refractivity contribution < 1.29 is 97.1 Å². The molecule has 0 spiro atoms. The number of hydrogen-bond acceptors (Lipinski definition) is 9. The first kappa shape index (κ1) is 48.4. The molecule has 0 fully saturated rings. The molecular weight excluding hydrogens is 591 g/mol. The van der Waals surface area contributed by atoms with Gasteiger partial charge < -0.3 is 34.1 Å². The summed E-state index contributed by atoms with van der Waals surface area (Å²) in [7, 11) is -5.24. The Morgan fingerprint density at radius 2 is 0.977 bits per heavy atom. The van der Waals surface area contributed by atoms with E-state index in [2.05, 4.69) is 11.4 Å². The average Bonchev–Trinajstić information content (AvgIpc) is 2.93. The first-order valence-electron chi connectivity index (χ1n) is 16.5. The number of esters is 2. The number of unbranched alkanes of at least 4 members (excludes halogenated alkanes) is 20. The summed E-state index contributed by atoms with van der Waals surface area (Å²) < 4.78 is 25.6. The van der Waals surface area contributed by atoms with Crippen LogP contribution < -0.4 is 74.6 Å². The Morgan fingerprint density at radius 3 is 1.37 bits per heavy atom. The quantitative estimate of drug-likeness (QED) is 0.0493. The van der Waals surface area contributed by atoms with Crippen molar-refractivity contribution in [3.8, 4) is 0 Å². The summed E-state index contributed by atoms with van der Waals surface area (Å²) in [6.07, 6.45) is 24.5. The smallest absolute Gasteiger partial charge is 0.790 e. The monoisotopic (exact) mass is 651 g/mol. The Kier molecular flexibility index (Phi) is 40.4. The second-order valence-corrected chi connectivity index (χ2v) is 12.4. The predicted molar refractivity (Wildman–Crippen MR) is 160 cm³/mol. The molecule has 0 amide bonds. The maximum atomic E-state index is 12.2. The van der Waals surface area contributed by atoms with Crippen molar-refractivity contribution in [1.29, 1.82) is 0 Å². The van der Waals surface area contributed by atoms with E-state index >= 15 is 0 Å². The minimum Gasteiger partial charge on any atom is -0.790 e. The van der Waals surface area contributed by atoms with Crippen LogP contribution in [0.1, 0.15) is 161 Å². The van der Waals surface area contributed by atoms with Gasteiger partial charge >= 0.3 is 71.1 Å². The Balaban J connectivity index is -0.00000800. The Morgan fingerprint density at radius 1 is 0.605 bits per heavy atom. The fraction of sp³-hybridized carbons (Fsp3) is 0.935. The van der Waals surface area contributed by atoms with Crippen LogP contribution in [0.3, 0.4) is 0 Å². The van der Waals surface area contributed by atoms with E-state index in [4.69, 9.17) is 15.2 Å². The van der Waals surface area contributed by atoms with Crippen molar-refractivity contribution in [2.75, 3.05) is 19.8 Å². The zero-order chi connectivity index (χ0) is 30.4. The summed E-state index contributed by atoms with van der Waals surface area (Å²) in [5, 5.41) is 0. The fourth-order valence-corrected chi connectivity index (χ4v) is 5.08. The van der Waals surface area contributed by atoms with Gasteiger partial charge in [-0.3, -0.25) is 9.59 Å². The summed E-state index contributed by atoms with van der Waals surface area (Å²) in [6, 6.07) is 0. The molecule has 0 aromatic rings. The van der Waals surface area contributed by atoms with Crippen molar-refractivity contribution in [3.05, 3.63) is 0 Å². The van der Waals surface area contributed by atoms with Crippen molar-refractivity contribution >= 4 is 19.8 Å². The molecule has 2 N–H and O–H groups in total. The summed E-state index contributed by atoms with van der Waals surface area (Å²) in [6.45, 7) is 1.99. The molecule has 0 rings (SSSR count). The molecule has 0 saturated carbocycles. The van der Waals surface area contributed by atoms with Crippen LogP contribution in [0.25, 0.3) is 0 Å². The molecule has 9 nitrogen and oxygen atoms in total. The molecule has 1 atom stereocenters. The topological polar surface area (TPSA) is 151 Å². The third kappa shape index (κ3) is 39.1. The van der Waals surface area contributed by atoms with Crippen LogP contribution in [0.5, 0.6) is 0 Å². The summed E-state index contributed by atoms with van der Waals surface area (Å²) in [5.41, 5.74) is 5.49. The van der Waals surface area contributed by atoms with Crippen LogP contribution in [0.15, 0.2) is 0 Å². The summed E-state index contributed by atoms with van der Waals surface area (Å²) >= 11 is 0. The molecule has 0 unspecified atom stereocenters. The van der Waals surface area contributed by atoms with Gasteiger partial charge in [-0.1, -0.05) is 129 Å². The van der Waals surface area contributed by atoms with Crippen LogP contribution in [0, 0.1) is 0 Å². The molecule has 244 valence electrons. The summed E-state index contributed by atoms with van der Waals surface area (Å²) in [5.74, 6) is -0.968. The van der Waals surface area contributed by atoms with Crippen LogP contribution in [-0.2, 0) is 28.2 Å². The van der Waals surface area contributed by atoms with Crippen LogP contribution in [-0.4, -0.2) is 37.8 Å². The van der Waals surface area contributed by atoms with Crippen molar-refractivity contribution in [1.82, 2.24) is 0 Å². The van der Waals surface area contributed by atoms with Gasteiger partial charge in [0.1, 0.15) is 6.61 Å². The van der Waals surface area contributed by atoms with E-state index in [0.717, 1.165) is 51.5 Å². The van der Waals surface area contributed by atoms with Gasteiger partial charge in [0.2, 0.25) is 0 Å². The fourth-order valence-electron chi connectivity index (χ4n) is 4.73. The number of carbonyl (C=O) groups is 2. The molecule has 0 aliphatic rings. The first-order valence-corrected chi connectivity index (χ1v) is 18.0. The van der Waals surface area contributed by atoms with Crippen molar-refractivity contribution in [2.24, 2.45) is 5.73 Å². The summed E-state index contributed by atoms with van der Waals surface area (Å²) in [4.78, 5) is 46.1. The zero-order valence-electron chi connectivity index (χ0n) is 28.0. The molecule has 0 bridgehead atoms. The SMILES string of the molecule is CCCCCCCCCCCCCCCC(=O)O[C@H](COC(=O)CCCCCCCCCCCN)COP(=O)([O-])[O-].[Na+].[Na+]. The third-order valence-electron chi connectivity index (χ3n) is 7.22. The molecule has 0 aromatic heterocycles. The Hall–Kier alpha value is 1.01. The van der Waals surface area contributed by atoms with E-state index in [1.807, 2.05) is 0 Å². The second-order valence-electron chi connectivity index (χ2n) is 11.3. The van der Waals surface area contributed by atoms with Crippen molar-refractivity contribution in [2.45, 2.75) is 167 Å². The van der Waals surface area contributed by atoms with E-state index < -0.39 is 32.5 Å². The molecule has 0 saturated heterocycles. The van der Waals surface area contributed by atoms with E-state index in [1.54, 1.807) is 0 Å². The molecule has 0 heterocycles. The number of ether oxygens (including phenoxy) is 2. The van der Waals surface area contributed by atoms with E-state index in [-0.39, 0.29) is 78.6 Å². The van der Waals surface area contributed by atoms with Gasteiger partial charge in [-0.05, 0) is 25.8 Å². The van der Waals surface area contributed by atoms with Gasteiger partial charge in [0.05, 0.1) is 14.4 Å². The normalized spacial score (nSPS) is 11.8. The van der Waals surface area contributed by atoms with Gasteiger partial charge in [0.25, 0.3) is 0 Å². The second kappa shape index (κ2) is 35.9. The van der Waals surface area contributed by atoms with E-state index in [1.165, 1.54) is 83.5 Å². The largest absolute Gasteiger partial charge is 1.00 e. The van der Waals surface area contributed by atoms with Gasteiger partial charge in [-0.15, -0.1) is 0 Å². The number of hydrogen-bond donors (Lipinski definition) is 1. The Bertz CT molecular complexity index is 670. The number of rotatable bonds is 31. The molecular formula is C31H60NNa2O8P. The van der Waals surface area contributed by atoms with Crippen LogP contribution >= 0.6 is 7.82 Å².